The van der Waals surface area contributed by atoms with Crippen LogP contribution in [0.5, 0.6) is 0 Å². The average molecular weight is 297 g/mol. The van der Waals surface area contributed by atoms with Crippen LogP contribution in [0.15, 0.2) is 0 Å². The Hall–Kier alpha value is -1.76. The summed E-state index contributed by atoms with van der Waals surface area (Å²) in [4.78, 5) is 25.6. The second-order valence-corrected chi connectivity index (χ2v) is 5.93. The summed E-state index contributed by atoms with van der Waals surface area (Å²) in [6.07, 6.45) is 2.39. The molecule has 0 bridgehead atoms. The summed E-state index contributed by atoms with van der Waals surface area (Å²) in [6.45, 7) is 2.82. The first-order valence-electron chi connectivity index (χ1n) is 6.56. The van der Waals surface area contributed by atoms with Gasteiger partial charge in [0.15, 0.2) is 0 Å². The minimum absolute atomic E-state index is 0.124. The van der Waals surface area contributed by atoms with Gasteiger partial charge in [0.1, 0.15) is 15.4 Å². The third-order valence-electron chi connectivity index (χ3n) is 3.21. The SMILES string of the molecule is CCOC(=O)c1c(N(C)CC2CC2)sc(C(N)=O)c1N. The van der Waals surface area contributed by atoms with E-state index < -0.39 is 11.9 Å². The van der Waals surface area contributed by atoms with E-state index in [1.165, 1.54) is 12.8 Å². The van der Waals surface area contributed by atoms with E-state index in [4.69, 9.17) is 16.2 Å². The van der Waals surface area contributed by atoms with Gasteiger partial charge >= 0.3 is 5.97 Å². The van der Waals surface area contributed by atoms with Crippen LogP contribution >= 0.6 is 11.3 Å². The number of ether oxygens (including phenoxy) is 1. The molecule has 1 fully saturated rings. The maximum atomic E-state index is 12.1. The van der Waals surface area contributed by atoms with Crippen LogP contribution in [-0.2, 0) is 4.74 Å². The highest BCUT2D eigenvalue weighted by molar-refractivity contribution is 7.19. The van der Waals surface area contributed by atoms with E-state index in [-0.39, 0.29) is 22.7 Å². The largest absolute Gasteiger partial charge is 0.462 e. The Morgan fingerprint density at radius 3 is 2.60 bits per heavy atom. The second-order valence-electron chi connectivity index (χ2n) is 4.93. The van der Waals surface area contributed by atoms with E-state index in [1.807, 2.05) is 11.9 Å². The fraction of sp³-hybridized carbons (Fsp3) is 0.538. The molecule has 110 valence electrons. The van der Waals surface area contributed by atoms with Crippen molar-refractivity contribution in [3.63, 3.8) is 0 Å². The number of primary amides is 1. The number of thiophene rings is 1. The van der Waals surface area contributed by atoms with Crippen LogP contribution in [0.25, 0.3) is 0 Å². The summed E-state index contributed by atoms with van der Waals surface area (Å²) in [6, 6.07) is 0. The lowest BCUT2D eigenvalue weighted by Crippen LogP contribution is -2.21. The molecule has 1 saturated carbocycles. The molecule has 20 heavy (non-hydrogen) atoms. The van der Waals surface area contributed by atoms with Crippen LogP contribution in [0.2, 0.25) is 0 Å². The number of anilines is 2. The summed E-state index contributed by atoms with van der Waals surface area (Å²) in [5, 5.41) is 0.654. The van der Waals surface area contributed by atoms with Crippen LogP contribution in [0.4, 0.5) is 10.7 Å². The normalized spacial score (nSPS) is 14.1. The second kappa shape index (κ2) is 5.70. The molecule has 1 heterocycles. The highest BCUT2D eigenvalue weighted by atomic mass is 32.1. The van der Waals surface area contributed by atoms with E-state index in [0.29, 0.717) is 10.9 Å². The number of carbonyl (C=O) groups is 2. The number of esters is 1. The number of carbonyl (C=O) groups excluding carboxylic acids is 2. The maximum Gasteiger partial charge on any atom is 0.343 e. The molecule has 0 spiro atoms. The van der Waals surface area contributed by atoms with E-state index in [1.54, 1.807) is 6.92 Å². The zero-order valence-electron chi connectivity index (χ0n) is 11.6. The molecule has 2 rings (SSSR count). The molecule has 0 aliphatic heterocycles. The van der Waals surface area contributed by atoms with Gasteiger partial charge in [0.05, 0.1) is 12.3 Å². The van der Waals surface area contributed by atoms with Crippen molar-refractivity contribution in [1.29, 1.82) is 0 Å². The zero-order valence-corrected chi connectivity index (χ0v) is 12.5. The number of hydrogen-bond donors (Lipinski definition) is 2. The topological polar surface area (TPSA) is 98.6 Å². The van der Waals surface area contributed by atoms with E-state index in [0.717, 1.165) is 17.9 Å². The van der Waals surface area contributed by atoms with Crippen molar-refractivity contribution in [3.8, 4) is 0 Å². The van der Waals surface area contributed by atoms with Crippen LogP contribution in [0.3, 0.4) is 0 Å². The molecule has 1 aliphatic rings. The van der Waals surface area contributed by atoms with Crippen molar-refractivity contribution in [2.24, 2.45) is 11.7 Å². The highest BCUT2D eigenvalue weighted by Gasteiger charge is 2.30. The van der Waals surface area contributed by atoms with Crippen molar-refractivity contribution in [2.45, 2.75) is 19.8 Å². The maximum absolute atomic E-state index is 12.1. The van der Waals surface area contributed by atoms with Gasteiger partial charge in [-0.3, -0.25) is 4.79 Å². The molecule has 1 amide bonds. The number of nitrogen functional groups attached to an aromatic ring is 1. The van der Waals surface area contributed by atoms with Crippen molar-refractivity contribution in [2.75, 3.05) is 30.8 Å². The van der Waals surface area contributed by atoms with Crippen LogP contribution in [0.1, 0.15) is 39.8 Å². The summed E-state index contributed by atoms with van der Waals surface area (Å²) < 4.78 is 5.02. The van der Waals surface area contributed by atoms with Gasteiger partial charge in [-0.15, -0.1) is 11.3 Å². The summed E-state index contributed by atoms with van der Waals surface area (Å²) in [5.74, 6) is -0.481. The van der Waals surface area contributed by atoms with Gasteiger partial charge in [-0.05, 0) is 25.7 Å². The fourth-order valence-corrected chi connectivity index (χ4v) is 3.09. The Labute approximate surface area is 121 Å². The van der Waals surface area contributed by atoms with Crippen molar-refractivity contribution in [3.05, 3.63) is 10.4 Å². The molecule has 0 saturated heterocycles. The Balaban J connectivity index is 2.38. The molecule has 0 atom stereocenters. The number of nitrogens with two attached hydrogens (primary N) is 2. The number of nitrogens with zero attached hydrogens (tertiary/aromatic N) is 1. The molecule has 1 aliphatic carbocycles. The van der Waals surface area contributed by atoms with Gasteiger partial charge in [0.25, 0.3) is 5.91 Å². The first-order valence-corrected chi connectivity index (χ1v) is 7.37. The predicted octanol–water partition coefficient (Wildman–Crippen LogP) is 1.45. The van der Waals surface area contributed by atoms with E-state index in [9.17, 15) is 9.59 Å². The molecule has 1 aromatic rings. The van der Waals surface area contributed by atoms with Crippen molar-refractivity contribution >= 4 is 33.9 Å². The lowest BCUT2D eigenvalue weighted by Gasteiger charge is -2.18. The molecule has 1 aromatic heterocycles. The number of hydrogen-bond acceptors (Lipinski definition) is 6. The molecule has 7 heteroatoms. The van der Waals surface area contributed by atoms with Gasteiger partial charge in [-0.2, -0.15) is 0 Å². The van der Waals surface area contributed by atoms with E-state index in [2.05, 4.69) is 0 Å². The smallest absolute Gasteiger partial charge is 0.343 e. The minimum atomic E-state index is -0.621. The van der Waals surface area contributed by atoms with Crippen LogP contribution < -0.4 is 16.4 Å². The van der Waals surface area contributed by atoms with Gasteiger partial charge in [0.2, 0.25) is 0 Å². The average Bonchev–Trinajstić information content (AvgIpc) is 3.10. The lowest BCUT2D eigenvalue weighted by molar-refractivity contribution is 0.0529. The van der Waals surface area contributed by atoms with Gasteiger partial charge < -0.3 is 21.1 Å². The Morgan fingerprint density at radius 2 is 2.10 bits per heavy atom. The summed E-state index contributed by atoms with van der Waals surface area (Å²) in [5.41, 5.74) is 11.6. The first kappa shape index (κ1) is 14.6. The zero-order chi connectivity index (χ0) is 14.9. The van der Waals surface area contributed by atoms with Crippen molar-refractivity contribution in [1.82, 2.24) is 0 Å². The standard InChI is InChI=1S/C13H19N3O3S/c1-3-19-13(18)8-9(14)10(11(15)17)20-12(8)16(2)6-7-4-5-7/h7H,3-6,14H2,1-2H3,(H2,15,17). The fourth-order valence-electron chi connectivity index (χ4n) is 2.05. The molecular formula is C13H19N3O3S. The monoisotopic (exact) mass is 297 g/mol. The summed E-state index contributed by atoms with van der Waals surface area (Å²) >= 11 is 1.15. The first-order chi connectivity index (χ1) is 9.45. The molecule has 4 N–H and O–H groups in total. The van der Waals surface area contributed by atoms with Crippen molar-refractivity contribution < 1.29 is 14.3 Å². The number of rotatable bonds is 6. The Kier molecular flexibility index (Phi) is 4.17. The van der Waals surface area contributed by atoms with Gasteiger partial charge in [-0.25, -0.2) is 4.79 Å². The Morgan fingerprint density at radius 1 is 1.45 bits per heavy atom. The van der Waals surface area contributed by atoms with Crippen LogP contribution in [-0.4, -0.2) is 32.1 Å². The summed E-state index contributed by atoms with van der Waals surface area (Å²) in [7, 11) is 1.89. The van der Waals surface area contributed by atoms with Crippen LogP contribution in [0, 0.1) is 5.92 Å². The Bertz CT molecular complexity index is 537. The van der Waals surface area contributed by atoms with E-state index >= 15 is 0 Å². The molecule has 6 nitrogen and oxygen atoms in total. The predicted molar refractivity (Wildman–Crippen MR) is 79.2 cm³/mol. The quantitative estimate of drug-likeness (QED) is 0.774. The van der Waals surface area contributed by atoms with Gasteiger partial charge in [-0.1, -0.05) is 0 Å². The minimum Gasteiger partial charge on any atom is -0.462 e. The highest BCUT2D eigenvalue weighted by Crippen LogP contribution is 2.40. The third-order valence-corrected chi connectivity index (χ3v) is 4.54. The molecular weight excluding hydrogens is 278 g/mol. The van der Waals surface area contributed by atoms with Gasteiger partial charge in [0, 0.05) is 13.6 Å². The molecule has 0 unspecified atom stereocenters. The number of amides is 1. The molecule has 0 aromatic carbocycles. The molecule has 0 radical (unpaired) electrons. The lowest BCUT2D eigenvalue weighted by atomic mass is 10.2. The third kappa shape index (κ3) is 2.87.